The number of rotatable bonds is 3. The zero-order valence-electron chi connectivity index (χ0n) is 14.1. The molecule has 1 N–H and O–H groups in total. The molecule has 2 heterocycles. The molecule has 0 bridgehead atoms. The van der Waals surface area contributed by atoms with Gasteiger partial charge in [-0.25, -0.2) is 9.78 Å². The highest BCUT2D eigenvalue weighted by Crippen LogP contribution is 2.15. The summed E-state index contributed by atoms with van der Waals surface area (Å²) in [5.74, 6) is 1.04. The fourth-order valence-corrected chi connectivity index (χ4v) is 2.61. The number of likely N-dealkylation sites (tertiary alicyclic amines) is 1. The topological polar surface area (TPSA) is 59.4 Å². The van der Waals surface area contributed by atoms with Crippen molar-refractivity contribution < 1.29 is 9.53 Å². The molecule has 1 aromatic rings. The number of carbonyl (C=O) groups excluding carboxylic acids is 1. The molecule has 124 valence electrons. The Morgan fingerprint density at radius 2 is 2.18 bits per heavy atom. The molecule has 0 saturated carbocycles. The van der Waals surface area contributed by atoms with Crippen LogP contribution >= 0.6 is 0 Å². The van der Waals surface area contributed by atoms with Crippen molar-refractivity contribution in [2.75, 3.05) is 13.1 Å². The minimum Gasteiger partial charge on any atom is -0.444 e. The lowest BCUT2D eigenvalue weighted by Crippen LogP contribution is -2.38. The summed E-state index contributed by atoms with van der Waals surface area (Å²) in [7, 11) is 2.00. The van der Waals surface area contributed by atoms with Gasteiger partial charge in [0.25, 0.3) is 0 Å². The second kappa shape index (κ2) is 7.13. The second-order valence-corrected chi connectivity index (χ2v) is 6.93. The highest BCUT2D eigenvalue weighted by Gasteiger charge is 2.25. The van der Waals surface area contributed by atoms with Gasteiger partial charge in [-0.1, -0.05) is 0 Å². The SMILES string of the molecule is Cn1ccnc1CNC1CCCN(C(=O)OC(C)(C)C)CC1. The molecule has 0 aromatic carbocycles. The highest BCUT2D eigenvalue weighted by atomic mass is 16.6. The smallest absolute Gasteiger partial charge is 0.410 e. The van der Waals surface area contributed by atoms with Crippen LogP contribution in [-0.2, 0) is 18.3 Å². The molecule has 1 unspecified atom stereocenters. The van der Waals surface area contributed by atoms with Gasteiger partial charge in [0.1, 0.15) is 11.4 Å². The fraction of sp³-hybridized carbons (Fsp3) is 0.750. The number of nitrogens with one attached hydrogen (secondary N) is 1. The van der Waals surface area contributed by atoms with E-state index in [1.807, 2.05) is 49.7 Å². The second-order valence-electron chi connectivity index (χ2n) is 6.93. The van der Waals surface area contributed by atoms with Crippen molar-refractivity contribution in [1.82, 2.24) is 19.8 Å². The Bertz CT molecular complexity index is 493. The molecule has 1 fully saturated rings. The van der Waals surface area contributed by atoms with Gasteiger partial charge in [-0.3, -0.25) is 0 Å². The van der Waals surface area contributed by atoms with E-state index in [1.165, 1.54) is 0 Å². The lowest BCUT2D eigenvalue weighted by Gasteiger charge is -2.26. The molecule has 6 heteroatoms. The molecule has 0 radical (unpaired) electrons. The number of hydrogen-bond donors (Lipinski definition) is 1. The summed E-state index contributed by atoms with van der Waals surface area (Å²) in [5.41, 5.74) is -0.431. The van der Waals surface area contributed by atoms with Gasteiger partial charge in [-0.2, -0.15) is 0 Å². The lowest BCUT2D eigenvalue weighted by atomic mass is 10.1. The van der Waals surface area contributed by atoms with E-state index >= 15 is 0 Å². The first-order valence-corrected chi connectivity index (χ1v) is 8.02. The zero-order chi connectivity index (χ0) is 16.2. The van der Waals surface area contributed by atoms with E-state index in [0.29, 0.717) is 6.04 Å². The molecule has 0 spiro atoms. The predicted molar refractivity (Wildman–Crippen MR) is 85.5 cm³/mol. The average molecular weight is 308 g/mol. The Morgan fingerprint density at radius 3 is 2.82 bits per heavy atom. The van der Waals surface area contributed by atoms with Crippen molar-refractivity contribution in [2.45, 2.75) is 58.2 Å². The van der Waals surface area contributed by atoms with E-state index in [1.54, 1.807) is 0 Å². The van der Waals surface area contributed by atoms with Gasteiger partial charge in [0.2, 0.25) is 0 Å². The van der Waals surface area contributed by atoms with Crippen molar-refractivity contribution in [3.8, 4) is 0 Å². The van der Waals surface area contributed by atoms with Crippen molar-refractivity contribution >= 4 is 6.09 Å². The molecule has 2 rings (SSSR count). The fourth-order valence-electron chi connectivity index (χ4n) is 2.61. The first-order valence-electron chi connectivity index (χ1n) is 8.02. The number of aromatic nitrogens is 2. The quantitative estimate of drug-likeness (QED) is 0.931. The van der Waals surface area contributed by atoms with Gasteiger partial charge in [0.15, 0.2) is 0 Å². The van der Waals surface area contributed by atoms with Crippen LogP contribution in [0.5, 0.6) is 0 Å². The van der Waals surface area contributed by atoms with Crippen LogP contribution in [-0.4, -0.2) is 45.3 Å². The molecule has 1 aromatic heterocycles. The van der Waals surface area contributed by atoms with Gasteiger partial charge in [-0.15, -0.1) is 0 Å². The van der Waals surface area contributed by atoms with Crippen LogP contribution in [0.3, 0.4) is 0 Å². The van der Waals surface area contributed by atoms with Crippen LogP contribution in [0.4, 0.5) is 4.79 Å². The van der Waals surface area contributed by atoms with E-state index in [2.05, 4.69) is 10.3 Å². The van der Waals surface area contributed by atoms with Crippen LogP contribution in [0.15, 0.2) is 12.4 Å². The summed E-state index contributed by atoms with van der Waals surface area (Å²) in [5, 5.41) is 3.55. The summed E-state index contributed by atoms with van der Waals surface area (Å²) in [6, 6.07) is 0.420. The Labute approximate surface area is 132 Å². The molecule has 1 saturated heterocycles. The van der Waals surface area contributed by atoms with E-state index in [0.717, 1.165) is 44.7 Å². The van der Waals surface area contributed by atoms with Crippen molar-refractivity contribution in [2.24, 2.45) is 7.05 Å². The minimum absolute atomic E-state index is 0.197. The van der Waals surface area contributed by atoms with E-state index in [4.69, 9.17) is 4.74 Å². The zero-order valence-corrected chi connectivity index (χ0v) is 14.1. The van der Waals surface area contributed by atoms with Crippen LogP contribution < -0.4 is 5.32 Å². The summed E-state index contributed by atoms with van der Waals surface area (Å²) in [4.78, 5) is 18.3. The van der Waals surface area contributed by atoms with Crippen LogP contribution in [0.1, 0.15) is 45.9 Å². The summed E-state index contributed by atoms with van der Waals surface area (Å²) < 4.78 is 7.48. The van der Waals surface area contributed by atoms with E-state index in [9.17, 15) is 4.79 Å². The van der Waals surface area contributed by atoms with Crippen molar-refractivity contribution in [3.63, 3.8) is 0 Å². The third kappa shape index (κ3) is 5.02. The Morgan fingerprint density at radius 1 is 1.41 bits per heavy atom. The molecule has 1 atom stereocenters. The van der Waals surface area contributed by atoms with Crippen LogP contribution in [0.25, 0.3) is 0 Å². The Kier molecular flexibility index (Phi) is 5.45. The molecule has 22 heavy (non-hydrogen) atoms. The molecule has 1 aliphatic heterocycles. The summed E-state index contributed by atoms with van der Waals surface area (Å²) in [6.45, 7) is 7.99. The number of imidazole rings is 1. The highest BCUT2D eigenvalue weighted by molar-refractivity contribution is 5.68. The summed E-state index contributed by atoms with van der Waals surface area (Å²) in [6.07, 6.45) is 6.59. The van der Waals surface area contributed by atoms with Crippen molar-refractivity contribution in [1.29, 1.82) is 0 Å². The third-order valence-electron chi connectivity index (χ3n) is 3.85. The van der Waals surface area contributed by atoms with Crippen LogP contribution in [0.2, 0.25) is 0 Å². The first-order chi connectivity index (χ1) is 10.3. The number of carbonyl (C=O) groups is 1. The third-order valence-corrected chi connectivity index (χ3v) is 3.85. The normalized spacial score (nSPS) is 19.8. The van der Waals surface area contributed by atoms with Crippen LogP contribution in [0, 0.1) is 0 Å². The van der Waals surface area contributed by atoms with Gasteiger partial charge < -0.3 is 19.5 Å². The minimum atomic E-state index is -0.431. The van der Waals surface area contributed by atoms with Gasteiger partial charge >= 0.3 is 6.09 Å². The predicted octanol–water partition coefficient (Wildman–Crippen LogP) is 2.30. The van der Waals surface area contributed by atoms with Gasteiger partial charge in [-0.05, 0) is 40.0 Å². The Balaban J connectivity index is 1.80. The van der Waals surface area contributed by atoms with E-state index in [-0.39, 0.29) is 6.09 Å². The Hall–Kier alpha value is -1.56. The summed E-state index contributed by atoms with van der Waals surface area (Å²) >= 11 is 0. The number of ether oxygens (including phenoxy) is 1. The maximum absolute atomic E-state index is 12.1. The largest absolute Gasteiger partial charge is 0.444 e. The number of hydrogen-bond acceptors (Lipinski definition) is 4. The lowest BCUT2D eigenvalue weighted by molar-refractivity contribution is 0.0256. The molecular weight excluding hydrogens is 280 g/mol. The number of aryl methyl sites for hydroxylation is 1. The maximum atomic E-state index is 12.1. The van der Waals surface area contributed by atoms with Gasteiger partial charge in [0, 0.05) is 38.6 Å². The molecule has 0 aliphatic carbocycles. The number of nitrogens with zero attached hydrogens (tertiary/aromatic N) is 3. The number of amides is 1. The molecular formula is C16H28N4O2. The van der Waals surface area contributed by atoms with E-state index < -0.39 is 5.60 Å². The molecule has 1 aliphatic rings. The molecule has 6 nitrogen and oxygen atoms in total. The average Bonchev–Trinajstić information content (AvgIpc) is 2.69. The molecule has 1 amide bonds. The van der Waals surface area contributed by atoms with Gasteiger partial charge in [0.05, 0.1) is 6.54 Å². The first kappa shape index (κ1) is 16.8. The monoisotopic (exact) mass is 308 g/mol. The maximum Gasteiger partial charge on any atom is 0.410 e. The standard InChI is InChI=1S/C16H28N4O2/c1-16(2,3)22-15(21)20-9-5-6-13(7-10-20)18-12-14-17-8-11-19(14)4/h8,11,13,18H,5-7,9-10,12H2,1-4H3. The van der Waals surface area contributed by atoms with Crippen molar-refractivity contribution in [3.05, 3.63) is 18.2 Å².